The number of hydrogen-bond acceptors (Lipinski definition) is 4. The highest BCUT2D eigenvalue weighted by molar-refractivity contribution is 4.50. The van der Waals surface area contributed by atoms with Gasteiger partial charge in [0.05, 0.1) is 19.8 Å². The van der Waals surface area contributed by atoms with Gasteiger partial charge in [-0.15, -0.1) is 0 Å². The lowest BCUT2D eigenvalue weighted by Gasteiger charge is -2.10. The quantitative estimate of drug-likeness (QED) is 0.525. The molecule has 0 atom stereocenters. The molecule has 0 saturated carbocycles. The van der Waals surface area contributed by atoms with Crippen LogP contribution in [0.15, 0.2) is 0 Å². The molecule has 1 N–H and O–H groups in total. The van der Waals surface area contributed by atoms with Crippen LogP contribution in [-0.4, -0.2) is 65.1 Å². The third-order valence-electron chi connectivity index (χ3n) is 2.21. The van der Waals surface area contributed by atoms with E-state index in [0.29, 0.717) is 19.1 Å². The van der Waals surface area contributed by atoms with E-state index in [2.05, 4.69) is 38.2 Å². The first-order valence-electron chi connectivity index (χ1n) is 6.64. The minimum absolute atomic E-state index is 0.605. The van der Waals surface area contributed by atoms with E-state index in [9.17, 15) is 0 Å². The molecular formula is C13H30N2O2. The van der Waals surface area contributed by atoms with Crippen molar-refractivity contribution in [1.29, 1.82) is 0 Å². The summed E-state index contributed by atoms with van der Waals surface area (Å²) < 4.78 is 10.9. The molecule has 0 aromatic rings. The van der Waals surface area contributed by atoms with Crippen molar-refractivity contribution < 1.29 is 9.47 Å². The molecule has 0 aliphatic heterocycles. The number of hydrogen-bond donors (Lipinski definition) is 1. The standard InChI is InChI=1S/C13H30N2O2/c1-13(2)12-17-11-10-16-9-7-14-6-5-8-15(3)4/h13-14H,5-12H2,1-4H3. The molecule has 4 nitrogen and oxygen atoms in total. The number of nitrogens with one attached hydrogen (secondary N) is 1. The number of rotatable bonds is 12. The van der Waals surface area contributed by atoms with Gasteiger partial charge in [0.1, 0.15) is 0 Å². The van der Waals surface area contributed by atoms with Gasteiger partial charge in [-0.3, -0.25) is 0 Å². The zero-order valence-electron chi connectivity index (χ0n) is 12.0. The van der Waals surface area contributed by atoms with Gasteiger partial charge in [-0.2, -0.15) is 0 Å². The van der Waals surface area contributed by atoms with Crippen molar-refractivity contribution in [2.45, 2.75) is 20.3 Å². The third kappa shape index (κ3) is 15.8. The molecule has 17 heavy (non-hydrogen) atoms. The zero-order chi connectivity index (χ0) is 12.9. The van der Waals surface area contributed by atoms with E-state index in [-0.39, 0.29) is 0 Å². The van der Waals surface area contributed by atoms with Crippen LogP contribution < -0.4 is 5.32 Å². The predicted octanol–water partition coefficient (Wildman–Crippen LogP) is 1.22. The molecule has 0 rings (SSSR count). The van der Waals surface area contributed by atoms with Crippen molar-refractivity contribution in [2.75, 3.05) is 60.2 Å². The first-order valence-corrected chi connectivity index (χ1v) is 6.64. The summed E-state index contributed by atoms with van der Waals surface area (Å²) in [5, 5.41) is 3.36. The maximum absolute atomic E-state index is 5.45. The molecule has 0 spiro atoms. The van der Waals surface area contributed by atoms with E-state index < -0.39 is 0 Å². The van der Waals surface area contributed by atoms with E-state index in [1.54, 1.807) is 0 Å². The second-order valence-electron chi connectivity index (χ2n) is 4.99. The van der Waals surface area contributed by atoms with Crippen molar-refractivity contribution in [1.82, 2.24) is 10.2 Å². The summed E-state index contributed by atoms with van der Waals surface area (Å²) >= 11 is 0. The lowest BCUT2D eigenvalue weighted by atomic mass is 10.2. The number of ether oxygens (including phenoxy) is 2. The highest BCUT2D eigenvalue weighted by Gasteiger charge is 1.94. The smallest absolute Gasteiger partial charge is 0.0701 e. The Morgan fingerprint density at radius 2 is 1.71 bits per heavy atom. The average molecular weight is 246 g/mol. The van der Waals surface area contributed by atoms with Gasteiger partial charge in [-0.05, 0) is 39.5 Å². The Labute approximate surface area is 107 Å². The summed E-state index contributed by atoms with van der Waals surface area (Å²) in [4.78, 5) is 2.20. The molecule has 0 aliphatic rings. The minimum atomic E-state index is 0.605. The fourth-order valence-electron chi connectivity index (χ4n) is 1.33. The maximum Gasteiger partial charge on any atom is 0.0701 e. The van der Waals surface area contributed by atoms with Crippen LogP contribution in [0.3, 0.4) is 0 Å². The fraction of sp³-hybridized carbons (Fsp3) is 1.00. The monoisotopic (exact) mass is 246 g/mol. The lowest BCUT2D eigenvalue weighted by molar-refractivity contribution is 0.0388. The normalized spacial score (nSPS) is 11.6. The molecule has 4 heteroatoms. The Bertz CT molecular complexity index is 136. The van der Waals surface area contributed by atoms with Crippen molar-refractivity contribution in [3.05, 3.63) is 0 Å². The first kappa shape index (κ1) is 16.8. The van der Waals surface area contributed by atoms with E-state index in [0.717, 1.165) is 32.8 Å². The first-order chi connectivity index (χ1) is 8.13. The van der Waals surface area contributed by atoms with Crippen LogP contribution in [-0.2, 0) is 9.47 Å². The van der Waals surface area contributed by atoms with Crippen molar-refractivity contribution in [3.63, 3.8) is 0 Å². The van der Waals surface area contributed by atoms with Crippen LogP contribution in [0, 0.1) is 5.92 Å². The molecule has 0 amide bonds. The van der Waals surface area contributed by atoms with Gasteiger partial charge in [-0.1, -0.05) is 13.8 Å². The molecule has 0 bridgehead atoms. The molecule has 0 aromatic heterocycles. The van der Waals surface area contributed by atoms with E-state index >= 15 is 0 Å². The van der Waals surface area contributed by atoms with E-state index in [1.165, 1.54) is 6.42 Å². The van der Waals surface area contributed by atoms with Gasteiger partial charge in [0.15, 0.2) is 0 Å². The van der Waals surface area contributed by atoms with Gasteiger partial charge in [0.2, 0.25) is 0 Å². The number of nitrogens with zero attached hydrogens (tertiary/aromatic N) is 1. The zero-order valence-corrected chi connectivity index (χ0v) is 12.0. The van der Waals surface area contributed by atoms with E-state index in [1.807, 2.05) is 0 Å². The summed E-state index contributed by atoms with van der Waals surface area (Å²) in [5.74, 6) is 0.605. The van der Waals surface area contributed by atoms with Crippen LogP contribution in [0.5, 0.6) is 0 Å². The highest BCUT2D eigenvalue weighted by Crippen LogP contribution is 1.91. The SMILES string of the molecule is CC(C)COCCOCCNCCCN(C)C. The summed E-state index contributed by atoms with van der Waals surface area (Å²) in [7, 11) is 4.19. The van der Waals surface area contributed by atoms with Crippen LogP contribution in [0.2, 0.25) is 0 Å². The molecular weight excluding hydrogens is 216 g/mol. The summed E-state index contributed by atoms with van der Waals surface area (Å²) in [6.07, 6.45) is 1.19. The van der Waals surface area contributed by atoms with E-state index in [4.69, 9.17) is 9.47 Å². The Morgan fingerprint density at radius 1 is 1.00 bits per heavy atom. The molecule has 0 unspecified atom stereocenters. The topological polar surface area (TPSA) is 33.7 Å². The van der Waals surface area contributed by atoms with Crippen LogP contribution in [0.25, 0.3) is 0 Å². The largest absolute Gasteiger partial charge is 0.379 e. The van der Waals surface area contributed by atoms with Crippen LogP contribution >= 0.6 is 0 Å². The Hall–Kier alpha value is -0.160. The molecule has 0 radical (unpaired) electrons. The Balaban J connectivity index is 2.94. The minimum Gasteiger partial charge on any atom is -0.379 e. The lowest BCUT2D eigenvalue weighted by Crippen LogP contribution is -2.24. The fourth-order valence-corrected chi connectivity index (χ4v) is 1.33. The molecule has 0 heterocycles. The third-order valence-corrected chi connectivity index (χ3v) is 2.21. The molecule has 0 aliphatic carbocycles. The highest BCUT2D eigenvalue weighted by atomic mass is 16.5. The van der Waals surface area contributed by atoms with Gasteiger partial charge in [0, 0.05) is 13.2 Å². The maximum atomic E-state index is 5.45. The van der Waals surface area contributed by atoms with Crippen molar-refractivity contribution in [3.8, 4) is 0 Å². The van der Waals surface area contributed by atoms with Crippen LogP contribution in [0.1, 0.15) is 20.3 Å². The second kappa shape index (κ2) is 12.3. The van der Waals surface area contributed by atoms with Crippen molar-refractivity contribution in [2.24, 2.45) is 5.92 Å². The van der Waals surface area contributed by atoms with Crippen LogP contribution in [0.4, 0.5) is 0 Å². The average Bonchev–Trinajstić information content (AvgIpc) is 2.25. The van der Waals surface area contributed by atoms with Gasteiger partial charge in [0.25, 0.3) is 0 Å². The molecule has 104 valence electrons. The summed E-state index contributed by atoms with van der Waals surface area (Å²) in [6.45, 7) is 10.4. The van der Waals surface area contributed by atoms with Gasteiger partial charge >= 0.3 is 0 Å². The molecule has 0 saturated heterocycles. The Morgan fingerprint density at radius 3 is 2.35 bits per heavy atom. The molecule has 0 aromatic carbocycles. The summed E-state index contributed by atoms with van der Waals surface area (Å²) in [5.41, 5.74) is 0. The predicted molar refractivity (Wildman–Crippen MR) is 72.5 cm³/mol. The van der Waals surface area contributed by atoms with Gasteiger partial charge < -0.3 is 19.7 Å². The molecule has 0 fully saturated rings. The Kier molecular flexibility index (Phi) is 12.2. The summed E-state index contributed by atoms with van der Waals surface area (Å²) in [6, 6.07) is 0. The van der Waals surface area contributed by atoms with Crippen molar-refractivity contribution >= 4 is 0 Å². The van der Waals surface area contributed by atoms with Gasteiger partial charge in [-0.25, -0.2) is 0 Å². The second-order valence-corrected chi connectivity index (χ2v) is 4.99.